The summed E-state index contributed by atoms with van der Waals surface area (Å²) in [7, 11) is 1.87. The summed E-state index contributed by atoms with van der Waals surface area (Å²) in [4.78, 5) is 14.2. The van der Waals surface area contributed by atoms with Gasteiger partial charge < -0.3 is 9.47 Å². The quantitative estimate of drug-likeness (QED) is 0.746. The maximum absolute atomic E-state index is 5.77. The van der Waals surface area contributed by atoms with Crippen molar-refractivity contribution >= 4 is 0 Å². The minimum absolute atomic E-state index is 0.306. The van der Waals surface area contributed by atoms with E-state index in [1.807, 2.05) is 19.5 Å². The second-order valence-corrected chi connectivity index (χ2v) is 8.93. The number of ether oxygens (including phenoxy) is 2. The molecular formula is C22H36N4O2. The zero-order valence-corrected chi connectivity index (χ0v) is 17.6. The van der Waals surface area contributed by atoms with Gasteiger partial charge in [0.15, 0.2) is 0 Å². The van der Waals surface area contributed by atoms with E-state index in [9.17, 15) is 0 Å². The predicted octanol–water partition coefficient (Wildman–Crippen LogP) is 2.38. The fraction of sp³-hybridized carbons (Fsp3) is 0.818. The van der Waals surface area contributed by atoms with Crippen molar-refractivity contribution in [2.45, 2.75) is 51.6 Å². The van der Waals surface area contributed by atoms with Crippen molar-refractivity contribution in [2.24, 2.45) is 11.3 Å². The summed E-state index contributed by atoms with van der Waals surface area (Å²) in [5.41, 5.74) is 1.53. The number of rotatable bonds is 6. The molecule has 4 rings (SSSR count). The van der Waals surface area contributed by atoms with Crippen LogP contribution in [-0.4, -0.2) is 78.9 Å². The molecule has 0 unspecified atom stereocenters. The average molecular weight is 389 g/mol. The summed E-state index contributed by atoms with van der Waals surface area (Å²) in [6.45, 7) is 10.3. The third kappa shape index (κ3) is 4.40. The molecule has 156 valence electrons. The molecule has 0 bridgehead atoms. The lowest BCUT2D eigenvalue weighted by molar-refractivity contribution is -0.0871. The monoisotopic (exact) mass is 388 g/mol. The van der Waals surface area contributed by atoms with E-state index in [4.69, 9.17) is 9.47 Å². The molecule has 6 heteroatoms. The summed E-state index contributed by atoms with van der Waals surface area (Å²) in [5, 5.41) is 0. The van der Waals surface area contributed by atoms with Crippen LogP contribution in [0.25, 0.3) is 0 Å². The maximum Gasteiger partial charge on any atom is 0.127 e. The van der Waals surface area contributed by atoms with E-state index in [0.717, 1.165) is 70.2 Å². The number of likely N-dealkylation sites (tertiary alicyclic amines) is 1. The average Bonchev–Trinajstić information content (AvgIpc) is 2.74. The van der Waals surface area contributed by atoms with Crippen molar-refractivity contribution in [3.8, 4) is 0 Å². The minimum atomic E-state index is 0.306. The largest absolute Gasteiger partial charge is 0.384 e. The minimum Gasteiger partial charge on any atom is -0.384 e. The van der Waals surface area contributed by atoms with Crippen LogP contribution in [0.3, 0.4) is 0 Å². The van der Waals surface area contributed by atoms with Gasteiger partial charge >= 0.3 is 0 Å². The molecule has 2 saturated heterocycles. The van der Waals surface area contributed by atoms with Gasteiger partial charge in [0, 0.05) is 69.1 Å². The zero-order chi connectivity index (χ0) is 19.4. The molecule has 1 aliphatic carbocycles. The Hall–Kier alpha value is -1.08. The van der Waals surface area contributed by atoms with Crippen LogP contribution in [0.4, 0.5) is 0 Å². The summed E-state index contributed by atoms with van der Waals surface area (Å²) in [6, 6.07) is 0.736. The molecule has 3 aliphatic rings. The Morgan fingerprint density at radius 3 is 2.68 bits per heavy atom. The molecular weight excluding hydrogens is 352 g/mol. The van der Waals surface area contributed by atoms with Gasteiger partial charge in [-0.2, -0.15) is 0 Å². The van der Waals surface area contributed by atoms with Gasteiger partial charge in [-0.15, -0.1) is 0 Å². The lowest BCUT2D eigenvalue weighted by Gasteiger charge is -2.54. The number of nitrogens with zero attached hydrogens (tertiary/aromatic N) is 4. The van der Waals surface area contributed by atoms with Crippen LogP contribution in [0.1, 0.15) is 44.0 Å². The van der Waals surface area contributed by atoms with Crippen LogP contribution in [0.2, 0.25) is 0 Å². The Morgan fingerprint density at radius 1 is 1.18 bits per heavy atom. The first-order valence-corrected chi connectivity index (χ1v) is 11.1. The van der Waals surface area contributed by atoms with Crippen molar-refractivity contribution < 1.29 is 9.47 Å². The van der Waals surface area contributed by atoms with E-state index in [1.165, 1.54) is 37.8 Å². The predicted molar refractivity (Wildman–Crippen MR) is 109 cm³/mol. The highest BCUT2D eigenvalue weighted by Crippen LogP contribution is 2.48. The van der Waals surface area contributed by atoms with Gasteiger partial charge in [-0.25, -0.2) is 9.97 Å². The van der Waals surface area contributed by atoms with Crippen LogP contribution in [0.15, 0.2) is 12.4 Å². The van der Waals surface area contributed by atoms with Gasteiger partial charge in [0.05, 0.1) is 19.8 Å². The first-order chi connectivity index (χ1) is 13.7. The fourth-order valence-electron chi connectivity index (χ4n) is 5.69. The highest BCUT2D eigenvalue weighted by Gasteiger charge is 2.47. The van der Waals surface area contributed by atoms with E-state index in [1.54, 1.807) is 0 Å². The topological polar surface area (TPSA) is 50.7 Å². The summed E-state index contributed by atoms with van der Waals surface area (Å²) in [6.07, 6.45) is 10.1. The zero-order valence-electron chi connectivity index (χ0n) is 17.6. The van der Waals surface area contributed by atoms with E-state index in [2.05, 4.69) is 26.7 Å². The van der Waals surface area contributed by atoms with Gasteiger partial charge in [-0.05, 0) is 38.1 Å². The molecule has 3 atom stereocenters. The standard InChI is InChI=1S/C22H36N4O2/c1-3-21-23-13-18(14-24-21)15-25-7-5-19-12-20(26-8-10-28-11-9-26)4-6-22(19,16-25)17-27-2/h13-14,19-20H,3-12,15-17H2,1-2H3/t19-,20-,22+/m1/s1. The van der Waals surface area contributed by atoms with E-state index in [0.29, 0.717) is 5.41 Å². The number of fused-ring (bicyclic) bond motifs is 1. The molecule has 3 fully saturated rings. The Kier molecular flexibility index (Phi) is 6.61. The molecule has 1 saturated carbocycles. The van der Waals surface area contributed by atoms with E-state index < -0.39 is 0 Å². The number of methoxy groups -OCH3 is 1. The van der Waals surface area contributed by atoms with E-state index in [-0.39, 0.29) is 0 Å². The molecule has 28 heavy (non-hydrogen) atoms. The van der Waals surface area contributed by atoms with Gasteiger partial charge in [0.25, 0.3) is 0 Å². The highest BCUT2D eigenvalue weighted by atomic mass is 16.5. The fourth-order valence-corrected chi connectivity index (χ4v) is 5.69. The third-order valence-electron chi connectivity index (χ3n) is 7.21. The molecule has 1 aromatic rings. The van der Waals surface area contributed by atoms with Crippen molar-refractivity contribution in [1.29, 1.82) is 0 Å². The lowest BCUT2D eigenvalue weighted by atomic mass is 9.62. The molecule has 6 nitrogen and oxygen atoms in total. The van der Waals surface area contributed by atoms with E-state index >= 15 is 0 Å². The summed E-state index contributed by atoms with van der Waals surface area (Å²) in [5.74, 6) is 1.70. The van der Waals surface area contributed by atoms with Crippen molar-refractivity contribution in [3.63, 3.8) is 0 Å². The molecule has 0 amide bonds. The van der Waals surface area contributed by atoms with Crippen molar-refractivity contribution in [1.82, 2.24) is 19.8 Å². The highest BCUT2D eigenvalue weighted by molar-refractivity contribution is 5.07. The molecule has 3 heterocycles. The van der Waals surface area contributed by atoms with Crippen LogP contribution in [-0.2, 0) is 22.4 Å². The Labute approximate surface area is 169 Å². The number of aromatic nitrogens is 2. The van der Waals surface area contributed by atoms with Crippen molar-refractivity contribution in [2.75, 3.05) is 53.1 Å². The summed E-state index contributed by atoms with van der Waals surface area (Å²) < 4.78 is 11.3. The molecule has 0 radical (unpaired) electrons. The third-order valence-corrected chi connectivity index (χ3v) is 7.21. The molecule has 0 aromatic carbocycles. The smallest absolute Gasteiger partial charge is 0.127 e. The van der Waals surface area contributed by atoms with Crippen LogP contribution >= 0.6 is 0 Å². The molecule has 0 N–H and O–H groups in total. The van der Waals surface area contributed by atoms with Gasteiger partial charge in [-0.1, -0.05) is 6.92 Å². The molecule has 1 aromatic heterocycles. The van der Waals surface area contributed by atoms with Gasteiger partial charge in [0.2, 0.25) is 0 Å². The number of aryl methyl sites for hydroxylation is 1. The van der Waals surface area contributed by atoms with Crippen LogP contribution < -0.4 is 0 Å². The Bertz CT molecular complexity index is 619. The van der Waals surface area contributed by atoms with Crippen LogP contribution in [0.5, 0.6) is 0 Å². The van der Waals surface area contributed by atoms with Crippen molar-refractivity contribution in [3.05, 3.63) is 23.8 Å². The number of hydrogen-bond acceptors (Lipinski definition) is 6. The number of morpholine rings is 1. The first kappa shape index (κ1) is 20.2. The number of piperidine rings is 1. The number of hydrogen-bond donors (Lipinski definition) is 0. The normalized spacial score (nSPS) is 32.2. The first-order valence-electron chi connectivity index (χ1n) is 11.1. The second-order valence-electron chi connectivity index (χ2n) is 8.93. The second kappa shape index (κ2) is 9.16. The maximum atomic E-state index is 5.77. The van der Waals surface area contributed by atoms with Gasteiger partial charge in [-0.3, -0.25) is 9.80 Å². The SMILES string of the molecule is CCc1ncc(CN2CC[C@@H]3C[C@H](N4CCOCC4)CC[C@@]3(COC)C2)cn1. The Morgan fingerprint density at radius 2 is 1.96 bits per heavy atom. The summed E-state index contributed by atoms with van der Waals surface area (Å²) >= 11 is 0. The molecule has 0 spiro atoms. The Balaban J connectivity index is 1.40. The molecule has 2 aliphatic heterocycles. The van der Waals surface area contributed by atoms with Gasteiger partial charge in [0.1, 0.15) is 5.82 Å². The van der Waals surface area contributed by atoms with Crippen LogP contribution in [0, 0.1) is 11.3 Å². The lowest BCUT2D eigenvalue weighted by Crippen LogP contribution is -2.56.